The fourth-order valence-corrected chi connectivity index (χ4v) is 8.31. The molecule has 2 bridgehead atoms. The van der Waals surface area contributed by atoms with Crippen molar-refractivity contribution < 1.29 is 32.2 Å². The summed E-state index contributed by atoms with van der Waals surface area (Å²) in [7, 11) is 2.65. The van der Waals surface area contributed by atoms with Gasteiger partial charge < -0.3 is 24.7 Å². The Kier molecular flexibility index (Phi) is 8.46. The van der Waals surface area contributed by atoms with Gasteiger partial charge >= 0.3 is 0 Å². The molecule has 0 spiro atoms. The summed E-state index contributed by atoms with van der Waals surface area (Å²) in [4.78, 5) is 24.3. The minimum absolute atomic E-state index is 0.0952. The van der Waals surface area contributed by atoms with Crippen LogP contribution in [0.5, 0.6) is 23.0 Å². The predicted molar refractivity (Wildman–Crippen MR) is 156 cm³/mol. The highest BCUT2D eigenvalue weighted by molar-refractivity contribution is 7.89. The summed E-state index contributed by atoms with van der Waals surface area (Å²) in [6, 6.07) is 6.75. The van der Waals surface area contributed by atoms with E-state index in [0.29, 0.717) is 42.4 Å². The first kappa shape index (κ1) is 30.8. The van der Waals surface area contributed by atoms with Crippen LogP contribution in [0.25, 0.3) is 11.1 Å². The zero-order chi connectivity index (χ0) is 30.3. The fraction of sp³-hybridized carbons (Fsp3) is 0.533. The average molecular weight is 589 g/mol. The maximum Gasteiger partial charge on any atom is 0.220 e. The molecule has 5 rings (SSSR count). The van der Waals surface area contributed by atoms with Crippen molar-refractivity contribution in [2.75, 3.05) is 34.2 Å². The molecule has 0 saturated heterocycles. The molecule has 11 heteroatoms. The molecule has 2 fully saturated rings. The maximum absolute atomic E-state index is 12.4. The number of fused-ring (bicyclic) bond motifs is 5. The van der Waals surface area contributed by atoms with E-state index >= 15 is 0 Å². The van der Waals surface area contributed by atoms with Gasteiger partial charge in [0.2, 0.25) is 21.2 Å². The molecule has 0 heterocycles. The van der Waals surface area contributed by atoms with Crippen molar-refractivity contribution in [3.05, 3.63) is 45.6 Å². The van der Waals surface area contributed by atoms with E-state index in [2.05, 4.69) is 0 Å². The quantitative estimate of drug-likeness (QED) is 0.516. The molecule has 0 aromatic heterocycles. The third-order valence-electron chi connectivity index (χ3n) is 9.35. The number of primary sulfonamides is 1. The van der Waals surface area contributed by atoms with Crippen LogP contribution in [-0.2, 0) is 21.2 Å². The third-order valence-corrected chi connectivity index (χ3v) is 10.2. The number of hydrogen-bond donors (Lipinski definition) is 2. The smallest absolute Gasteiger partial charge is 0.220 e. The van der Waals surface area contributed by atoms with Gasteiger partial charge in [-0.2, -0.15) is 0 Å². The number of nitrogens with two attached hydrogens (primary N) is 2. The fourth-order valence-electron chi connectivity index (χ4n) is 6.95. The summed E-state index contributed by atoms with van der Waals surface area (Å²) in [6.07, 6.45) is 3.60. The van der Waals surface area contributed by atoms with Crippen LogP contribution in [0.2, 0.25) is 0 Å². The van der Waals surface area contributed by atoms with Crippen molar-refractivity contribution in [2.24, 2.45) is 27.6 Å². The van der Waals surface area contributed by atoms with E-state index < -0.39 is 15.4 Å². The monoisotopic (exact) mass is 588 g/mol. The second kappa shape index (κ2) is 11.3. The highest BCUT2D eigenvalue weighted by Crippen LogP contribution is 2.64. The molecule has 3 aliphatic rings. The van der Waals surface area contributed by atoms with Gasteiger partial charge in [0.05, 0.1) is 34.2 Å². The molecule has 2 aromatic carbocycles. The van der Waals surface area contributed by atoms with Gasteiger partial charge in [0, 0.05) is 23.4 Å². The Hall–Kier alpha value is -3.15. The largest absolute Gasteiger partial charge is 0.493 e. The van der Waals surface area contributed by atoms with E-state index in [0.717, 1.165) is 35.1 Å². The number of benzene rings is 1. The SMILES string of the molecule is CC1(C)C2CCC1(CS(N)(=O)=O)C(=O)C2.COc1cc2c(c(OC)c1OC)-c1ccc(OC)c(=O)cc1[C@H](N)CC2. The number of rotatable bonds is 6. The number of methoxy groups -OCH3 is 4. The molecular weight excluding hydrogens is 548 g/mol. The van der Waals surface area contributed by atoms with Crippen molar-refractivity contribution in [1.82, 2.24) is 0 Å². The molecule has 3 aliphatic carbocycles. The molecule has 2 unspecified atom stereocenters. The van der Waals surface area contributed by atoms with E-state index in [4.69, 9.17) is 29.8 Å². The molecule has 0 amide bonds. The van der Waals surface area contributed by atoms with Crippen molar-refractivity contribution in [2.45, 2.75) is 52.0 Å². The van der Waals surface area contributed by atoms with E-state index in [1.54, 1.807) is 33.5 Å². The van der Waals surface area contributed by atoms with Crippen molar-refractivity contribution in [3.63, 3.8) is 0 Å². The second-order valence-corrected chi connectivity index (χ2v) is 13.2. The molecule has 41 heavy (non-hydrogen) atoms. The Balaban J connectivity index is 0.000000218. The van der Waals surface area contributed by atoms with Gasteiger partial charge in [-0.1, -0.05) is 19.9 Å². The number of carbonyl (C=O) groups excluding carboxylic acids is 1. The first-order valence-corrected chi connectivity index (χ1v) is 15.3. The lowest BCUT2D eigenvalue weighted by Crippen LogP contribution is -2.43. The Morgan fingerprint density at radius 3 is 2.10 bits per heavy atom. The van der Waals surface area contributed by atoms with Gasteiger partial charge in [0.1, 0.15) is 5.78 Å². The molecule has 0 radical (unpaired) electrons. The van der Waals surface area contributed by atoms with Crippen LogP contribution in [0.15, 0.2) is 29.1 Å². The van der Waals surface area contributed by atoms with Crippen LogP contribution in [0, 0.1) is 16.7 Å². The Morgan fingerprint density at radius 2 is 1.59 bits per heavy atom. The van der Waals surface area contributed by atoms with Crippen LogP contribution in [0.1, 0.15) is 56.7 Å². The number of carbonyl (C=O) groups is 1. The lowest BCUT2D eigenvalue weighted by Gasteiger charge is -2.35. The topological polar surface area (TPSA) is 157 Å². The van der Waals surface area contributed by atoms with E-state index in [9.17, 15) is 18.0 Å². The number of ether oxygens (including phenoxy) is 4. The lowest BCUT2D eigenvalue weighted by atomic mass is 9.70. The van der Waals surface area contributed by atoms with E-state index in [1.165, 1.54) is 7.11 Å². The summed E-state index contributed by atoms with van der Waals surface area (Å²) in [6.45, 7) is 4.00. The van der Waals surface area contributed by atoms with Crippen molar-refractivity contribution in [1.29, 1.82) is 0 Å². The van der Waals surface area contributed by atoms with Crippen LogP contribution in [-0.4, -0.2) is 48.4 Å². The highest BCUT2D eigenvalue weighted by Gasteiger charge is 2.65. The summed E-state index contributed by atoms with van der Waals surface area (Å²) in [5.41, 5.74) is 8.78. The zero-order valence-corrected chi connectivity index (χ0v) is 25.4. The van der Waals surface area contributed by atoms with Crippen LogP contribution >= 0.6 is 0 Å². The standard InChI is InChI=1S/C20H23NO5.C10H17NO3S/c1-23-16-8-6-12-13(10-15(16)22)14(21)7-5-11-9-17(24-2)19(25-3)20(26-4)18(11)12;1-9(2)7-3-4-10(9,8(12)5-7)6-15(11,13)14/h6,8-10,14H,5,7,21H2,1-4H3;7H,3-6H2,1-2H3,(H2,11,13,14)/t14-;/m1./s1. The molecule has 0 aliphatic heterocycles. The summed E-state index contributed by atoms with van der Waals surface area (Å²) in [5.74, 6) is 2.20. The summed E-state index contributed by atoms with van der Waals surface area (Å²) >= 11 is 0. The Labute approximate surface area is 241 Å². The van der Waals surface area contributed by atoms with Gasteiger partial charge in [-0.15, -0.1) is 0 Å². The number of hydrogen-bond acceptors (Lipinski definition) is 9. The first-order chi connectivity index (χ1) is 19.2. The number of sulfonamides is 1. The highest BCUT2D eigenvalue weighted by atomic mass is 32.2. The van der Waals surface area contributed by atoms with Crippen molar-refractivity contribution in [3.8, 4) is 34.1 Å². The van der Waals surface area contributed by atoms with Crippen molar-refractivity contribution >= 4 is 15.8 Å². The second-order valence-electron chi connectivity index (χ2n) is 11.6. The molecular formula is C30H40N2O8S. The van der Waals surface area contributed by atoms with Gasteiger partial charge in [0.25, 0.3) is 0 Å². The van der Waals surface area contributed by atoms with Gasteiger partial charge in [0.15, 0.2) is 17.2 Å². The molecule has 10 nitrogen and oxygen atoms in total. The number of ketones is 1. The first-order valence-electron chi connectivity index (χ1n) is 13.6. The lowest BCUT2D eigenvalue weighted by molar-refractivity contribution is -0.128. The van der Waals surface area contributed by atoms with Gasteiger partial charge in [-0.05, 0) is 71.9 Å². The third kappa shape index (κ3) is 5.30. The molecule has 2 aromatic rings. The summed E-state index contributed by atoms with van der Waals surface area (Å²) in [5, 5.41) is 5.10. The van der Waals surface area contributed by atoms with E-state index in [1.807, 2.05) is 26.0 Å². The minimum Gasteiger partial charge on any atom is -0.493 e. The van der Waals surface area contributed by atoms with Crippen LogP contribution in [0.3, 0.4) is 0 Å². The van der Waals surface area contributed by atoms with Crippen LogP contribution < -0.4 is 35.2 Å². The molecule has 3 atom stereocenters. The predicted octanol–water partition coefficient (Wildman–Crippen LogP) is 3.36. The van der Waals surface area contributed by atoms with Gasteiger partial charge in [-0.25, -0.2) is 13.6 Å². The minimum atomic E-state index is -3.58. The molecule has 224 valence electrons. The van der Waals surface area contributed by atoms with Crippen LogP contribution in [0.4, 0.5) is 0 Å². The number of Topliss-reactive ketones (excluding diaryl/α,β-unsaturated/α-hetero) is 1. The summed E-state index contributed by atoms with van der Waals surface area (Å²) < 4.78 is 44.3. The average Bonchev–Trinajstić information content (AvgIpc) is 3.10. The van der Waals surface area contributed by atoms with Gasteiger partial charge in [-0.3, -0.25) is 9.59 Å². The molecule has 2 saturated carbocycles. The van der Waals surface area contributed by atoms with E-state index in [-0.39, 0.29) is 34.2 Å². The Morgan fingerprint density at radius 1 is 0.927 bits per heavy atom. The molecule has 4 N–H and O–H groups in total. The zero-order valence-electron chi connectivity index (χ0n) is 24.5. The number of aryl methyl sites for hydroxylation is 1. The maximum atomic E-state index is 12.4. The normalized spacial score (nSPS) is 23.9. The Bertz CT molecular complexity index is 1520.